The second kappa shape index (κ2) is 3.40. The molecule has 42 valence electrons. The minimum Gasteiger partial charge on any atom is -0.474 e. The summed E-state index contributed by atoms with van der Waals surface area (Å²) < 4.78 is -1.82. The Balaban J connectivity index is 4.09. The molecule has 0 heterocycles. The van der Waals surface area contributed by atoms with E-state index in [0.717, 1.165) is 0 Å². The predicted molar refractivity (Wildman–Crippen MR) is 53.9 cm³/mol. The summed E-state index contributed by atoms with van der Waals surface area (Å²) in [5.41, 5.74) is -0.921. The van der Waals surface area contributed by atoms with E-state index in [1.807, 2.05) is 0 Å². The largest absolute Gasteiger partial charge is 0.474 e. The van der Waals surface area contributed by atoms with Crippen LogP contribution in [0.2, 0.25) is 0 Å². The van der Waals surface area contributed by atoms with E-state index in [4.69, 9.17) is 11.8 Å². The van der Waals surface area contributed by atoms with Crippen LogP contribution in [0.5, 0.6) is 0 Å². The summed E-state index contributed by atoms with van der Waals surface area (Å²) in [5.74, 6) is 0. The molecule has 0 saturated carbocycles. The van der Waals surface area contributed by atoms with Gasteiger partial charge in [0.2, 0.25) is 4.13 Å². The van der Waals surface area contributed by atoms with E-state index in [1.165, 1.54) is 0 Å². The van der Waals surface area contributed by atoms with Crippen molar-refractivity contribution in [1.82, 2.24) is 0 Å². The quantitative estimate of drug-likeness (QED) is 0.399. The lowest BCUT2D eigenvalue weighted by atomic mass is 29.2. The van der Waals surface area contributed by atoms with E-state index in [9.17, 15) is 0 Å². The minimum absolute atomic E-state index is 0.921. The normalized spacial score (nSPS) is 13.9. The highest BCUT2D eigenvalue weighted by atomic mass is 33.5. The first kappa shape index (κ1) is 9.22. The Labute approximate surface area is 69.6 Å². The van der Waals surface area contributed by atoms with Crippen molar-refractivity contribution < 1.29 is 0 Å². The molecule has 0 aromatic heterocycles. The Hall–Kier alpha value is 2.22. The standard InChI is InChI=1S/H2P2S5/c3-1(4)2(5,6)7/h(H2,5,6,7). The van der Waals surface area contributed by atoms with Gasteiger partial charge in [0.1, 0.15) is 11.8 Å². The van der Waals surface area contributed by atoms with Crippen molar-refractivity contribution in [2.75, 3.05) is 0 Å². The lowest BCUT2D eigenvalue weighted by Gasteiger charge is -1.97. The highest BCUT2D eigenvalue weighted by Crippen LogP contribution is 2.75. The molecule has 0 rings (SSSR count). The maximum atomic E-state index is 4.77. The molecule has 0 bridgehead atoms. The molecule has 0 saturated heterocycles. The molecule has 0 aliphatic heterocycles. The first-order valence-corrected chi connectivity index (χ1v) is 10.3. The topological polar surface area (TPSA) is 0 Å². The zero-order valence-corrected chi connectivity index (χ0v) is 9.04. The fraction of sp³-hybridized carbons (Fsp3) is 0. The van der Waals surface area contributed by atoms with Gasteiger partial charge in [-0.3, -0.25) is 0 Å². The van der Waals surface area contributed by atoms with Gasteiger partial charge in [0.05, 0.1) is 5.59 Å². The summed E-state index contributed by atoms with van der Waals surface area (Å²) in [6, 6.07) is 0. The fourth-order valence-electron chi connectivity index (χ4n) is 0. The average Bonchev–Trinajstić information content (AvgIpc) is 1.31. The molecular formula is H2P2S5. The average molecular weight is 224 g/mol. The van der Waals surface area contributed by atoms with E-state index in [0.29, 0.717) is 0 Å². The van der Waals surface area contributed by atoms with Crippen LogP contribution in [-0.4, -0.2) is 0 Å². The van der Waals surface area contributed by atoms with Crippen LogP contribution >= 0.6 is 34.2 Å². The van der Waals surface area contributed by atoms with E-state index in [2.05, 4.69) is 48.6 Å². The summed E-state index contributed by atoms with van der Waals surface area (Å²) in [5, 5.41) is 0. The molecule has 0 spiro atoms. The van der Waals surface area contributed by atoms with Gasteiger partial charge in [-0.1, -0.05) is 24.5 Å². The third kappa shape index (κ3) is 4.71. The Kier molecular flexibility index (Phi) is 4.48. The summed E-state index contributed by atoms with van der Waals surface area (Å²) in [7, 11) is 0. The second-order valence-corrected chi connectivity index (χ2v) is 20.3. The van der Waals surface area contributed by atoms with Crippen LogP contribution in [0.25, 0.3) is 0 Å². The number of hydrogen-bond donors (Lipinski definition) is 2. The molecule has 0 aromatic rings. The van der Waals surface area contributed by atoms with Crippen molar-refractivity contribution in [1.29, 1.82) is 0 Å². The van der Waals surface area contributed by atoms with Crippen molar-refractivity contribution in [2.45, 2.75) is 0 Å². The molecule has 0 N–H and O–H groups in total. The van der Waals surface area contributed by atoms with Gasteiger partial charge in [-0.25, -0.2) is 0 Å². The molecule has 1 atom stereocenters. The Bertz CT molecular complexity index is 118. The SMILES string of the molecule is S=[P+]([S-])P(=S)(S)S. The van der Waals surface area contributed by atoms with Gasteiger partial charge in [0.15, 0.2) is 0 Å². The Morgan fingerprint density at radius 2 is 1.71 bits per heavy atom. The van der Waals surface area contributed by atoms with Crippen LogP contribution in [0, 0.1) is 0 Å². The number of thiol groups is 2. The van der Waals surface area contributed by atoms with Crippen LogP contribution in [0.1, 0.15) is 0 Å². The van der Waals surface area contributed by atoms with E-state index < -0.39 is 9.72 Å². The van der Waals surface area contributed by atoms with E-state index in [-0.39, 0.29) is 0 Å². The zero-order chi connectivity index (χ0) is 6.08. The second-order valence-electron chi connectivity index (χ2n) is 0.751. The van der Waals surface area contributed by atoms with E-state index >= 15 is 0 Å². The minimum atomic E-state index is -1.82. The first-order chi connectivity index (χ1) is 2.94. The Morgan fingerprint density at radius 3 is 1.71 bits per heavy atom. The molecule has 0 aliphatic carbocycles. The van der Waals surface area contributed by atoms with Gasteiger partial charge >= 0.3 is 0 Å². The highest BCUT2D eigenvalue weighted by Gasteiger charge is 2.10. The summed E-state index contributed by atoms with van der Waals surface area (Å²) in [6.07, 6.45) is 0. The molecular weight excluding hydrogens is 222 g/mol. The molecule has 0 radical (unpaired) electrons. The van der Waals surface area contributed by atoms with Crippen LogP contribution < -0.4 is 0 Å². The summed E-state index contributed by atoms with van der Waals surface area (Å²) in [4.78, 5) is 0. The molecule has 1 unspecified atom stereocenters. The van der Waals surface area contributed by atoms with Gasteiger partial charge in [-0.2, -0.15) is 0 Å². The van der Waals surface area contributed by atoms with Crippen LogP contribution in [-0.2, 0) is 35.9 Å². The smallest absolute Gasteiger partial charge is 0.225 e. The Morgan fingerprint density at radius 1 is 1.57 bits per heavy atom. The first-order valence-electron chi connectivity index (χ1n) is 1.15. The van der Waals surface area contributed by atoms with Crippen LogP contribution in [0.4, 0.5) is 0 Å². The lowest BCUT2D eigenvalue weighted by molar-refractivity contribution is 5.07. The third-order valence-corrected chi connectivity index (χ3v) is 17.2. The van der Waals surface area contributed by atoms with Crippen molar-refractivity contribution in [3.63, 3.8) is 0 Å². The maximum Gasteiger partial charge on any atom is 0.225 e. The molecule has 7 heteroatoms. The lowest BCUT2D eigenvalue weighted by Crippen LogP contribution is -1.37. The predicted octanol–water partition coefficient (Wildman–Crippen LogP) is 2.48. The number of hydrogen-bond acceptors (Lipinski definition) is 3. The van der Waals surface area contributed by atoms with Crippen LogP contribution in [0.15, 0.2) is 0 Å². The molecule has 7 heavy (non-hydrogen) atoms. The number of rotatable bonds is 1. The van der Waals surface area contributed by atoms with Gasteiger partial charge in [-0.15, -0.1) is 0 Å². The molecule has 0 aliphatic rings. The van der Waals surface area contributed by atoms with Crippen LogP contribution in [0.3, 0.4) is 0 Å². The summed E-state index contributed by atoms with van der Waals surface area (Å²) in [6.45, 7) is 0. The van der Waals surface area contributed by atoms with Crippen molar-refractivity contribution >= 4 is 70.1 Å². The molecule has 0 amide bonds. The van der Waals surface area contributed by atoms with Gasteiger partial charge in [-0.05, 0) is 11.8 Å². The van der Waals surface area contributed by atoms with Crippen molar-refractivity contribution in [3.05, 3.63) is 0 Å². The zero-order valence-electron chi connectivity index (χ0n) is 3.01. The van der Waals surface area contributed by atoms with E-state index in [1.54, 1.807) is 0 Å². The maximum absolute atomic E-state index is 4.77. The molecule has 0 aromatic carbocycles. The van der Waals surface area contributed by atoms with Gasteiger partial charge < -0.3 is 12.2 Å². The third-order valence-electron chi connectivity index (χ3n) is 0.213. The molecule has 0 nitrogen and oxygen atoms in total. The summed E-state index contributed by atoms with van der Waals surface area (Å²) >= 11 is 22.1. The molecule has 0 fully saturated rings. The fourth-order valence-corrected chi connectivity index (χ4v) is 0. The monoisotopic (exact) mass is 224 g/mol. The van der Waals surface area contributed by atoms with Crippen molar-refractivity contribution in [2.24, 2.45) is 0 Å². The van der Waals surface area contributed by atoms with Gasteiger partial charge in [0, 0.05) is 0 Å². The highest BCUT2D eigenvalue weighted by molar-refractivity contribution is 9.17. The van der Waals surface area contributed by atoms with Crippen molar-refractivity contribution in [3.8, 4) is 0 Å². The van der Waals surface area contributed by atoms with Gasteiger partial charge in [0.25, 0.3) is 0 Å².